The molecule has 2 aromatic carbocycles. The Balaban J connectivity index is 1.51. The summed E-state index contributed by atoms with van der Waals surface area (Å²) >= 11 is 5.18. The van der Waals surface area contributed by atoms with E-state index >= 15 is 0 Å². The lowest BCUT2D eigenvalue weighted by Gasteiger charge is -2.32. The summed E-state index contributed by atoms with van der Waals surface area (Å²) < 4.78 is 2.86. The number of carbonyl (C=O) groups is 1. The van der Waals surface area contributed by atoms with Gasteiger partial charge in [0, 0.05) is 27.9 Å². The van der Waals surface area contributed by atoms with Crippen molar-refractivity contribution in [3.05, 3.63) is 81.0 Å². The van der Waals surface area contributed by atoms with Crippen LogP contribution in [0.4, 0.5) is 5.95 Å². The number of aromatic nitrogens is 3. The Hall–Kier alpha value is -2.38. The summed E-state index contributed by atoms with van der Waals surface area (Å²) in [5.74, 6) is 1.71. The van der Waals surface area contributed by atoms with Gasteiger partial charge in [-0.25, -0.2) is 4.68 Å². The first-order valence-electron chi connectivity index (χ1n) is 10.0. The van der Waals surface area contributed by atoms with E-state index in [1.807, 2.05) is 16.8 Å². The van der Waals surface area contributed by atoms with Gasteiger partial charge in [-0.15, -0.1) is 5.10 Å². The van der Waals surface area contributed by atoms with Crippen molar-refractivity contribution in [1.29, 1.82) is 0 Å². The van der Waals surface area contributed by atoms with Crippen LogP contribution in [-0.4, -0.2) is 20.5 Å². The van der Waals surface area contributed by atoms with Crippen molar-refractivity contribution in [3.63, 3.8) is 0 Å². The smallest absolute Gasteiger partial charge is 0.227 e. The largest absolute Gasteiger partial charge is 0.328 e. The Kier molecular flexibility index (Phi) is 5.25. The summed E-state index contributed by atoms with van der Waals surface area (Å²) in [6, 6.07) is 16.3. The van der Waals surface area contributed by atoms with Crippen LogP contribution in [0.25, 0.3) is 0 Å². The first kappa shape index (κ1) is 19.6. The molecule has 0 bridgehead atoms. The van der Waals surface area contributed by atoms with Crippen molar-refractivity contribution in [2.75, 3.05) is 5.32 Å². The molecule has 1 aliphatic heterocycles. The maximum atomic E-state index is 12.9. The van der Waals surface area contributed by atoms with Gasteiger partial charge in [-0.05, 0) is 43.0 Å². The number of hydrogen-bond donors (Lipinski definition) is 1. The van der Waals surface area contributed by atoms with Crippen molar-refractivity contribution in [1.82, 2.24) is 14.8 Å². The minimum atomic E-state index is -0.248. The molecule has 1 atom stereocenters. The summed E-state index contributed by atoms with van der Waals surface area (Å²) in [5.41, 5.74) is 5.35. The average molecular weight is 481 g/mol. The van der Waals surface area contributed by atoms with Crippen molar-refractivity contribution in [2.45, 2.75) is 43.1 Å². The van der Waals surface area contributed by atoms with Crippen LogP contribution < -0.4 is 5.32 Å². The maximum absolute atomic E-state index is 12.9. The van der Waals surface area contributed by atoms with Gasteiger partial charge in [-0.2, -0.15) is 4.98 Å². The Morgan fingerprint density at radius 3 is 2.90 bits per heavy atom. The zero-order valence-electron chi connectivity index (χ0n) is 16.6. The molecule has 0 spiro atoms. The number of fused-ring (bicyclic) bond motifs is 1. The van der Waals surface area contributed by atoms with Crippen molar-refractivity contribution in [3.8, 4) is 0 Å². The van der Waals surface area contributed by atoms with Gasteiger partial charge in [0.25, 0.3) is 0 Å². The number of benzene rings is 2. The number of thioether (sulfide) groups is 1. The number of hydrogen-bond acceptors (Lipinski definition) is 5. The van der Waals surface area contributed by atoms with E-state index in [-0.39, 0.29) is 11.8 Å². The SMILES string of the molecule is Cc1cccc(CSc2nc3n(n2)[C@H](c2cccc(Br)c2)C2=C(CCCC2=O)N3)c1. The predicted octanol–water partition coefficient (Wildman–Crippen LogP) is 5.66. The van der Waals surface area contributed by atoms with Gasteiger partial charge in [-0.3, -0.25) is 4.79 Å². The van der Waals surface area contributed by atoms with Crippen molar-refractivity contribution in [2.24, 2.45) is 0 Å². The molecule has 0 saturated heterocycles. The fraction of sp³-hybridized carbons (Fsp3) is 0.261. The highest BCUT2D eigenvalue weighted by Gasteiger charge is 2.36. The molecule has 3 aromatic rings. The van der Waals surface area contributed by atoms with Crippen LogP contribution in [0.1, 0.15) is 42.0 Å². The molecule has 1 aromatic heterocycles. The van der Waals surface area contributed by atoms with Crippen molar-refractivity contribution < 1.29 is 4.79 Å². The van der Waals surface area contributed by atoms with E-state index in [0.29, 0.717) is 17.5 Å². The summed E-state index contributed by atoms with van der Waals surface area (Å²) in [4.78, 5) is 17.6. The maximum Gasteiger partial charge on any atom is 0.227 e. The Bertz CT molecular complexity index is 1170. The molecule has 0 amide bonds. The molecule has 2 heterocycles. The van der Waals surface area contributed by atoms with Gasteiger partial charge in [0.05, 0.1) is 0 Å². The van der Waals surface area contributed by atoms with E-state index in [0.717, 1.165) is 39.9 Å². The summed E-state index contributed by atoms with van der Waals surface area (Å²) in [7, 11) is 0. The number of aryl methyl sites for hydroxylation is 1. The lowest BCUT2D eigenvalue weighted by Crippen LogP contribution is -2.31. The highest BCUT2D eigenvalue weighted by atomic mass is 79.9. The first-order chi connectivity index (χ1) is 14.6. The molecular formula is C23H21BrN4OS. The summed E-state index contributed by atoms with van der Waals surface area (Å²) in [6.45, 7) is 2.10. The number of nitrogens with one attached hydrogen (secondary N) is 1. The predicted molar refractivity (Wildman–Crippen MR) is 123 cm³/mol. The van der Waals surface area contributed by atoms with E-state index in [1.54, 1.807) is 11.8 Å². The second kappa shape index (κ2) is 8.04. The van der Waals surface area contributed by atoms with Crippen LogP contribution in [0.3, 0.4) is 0 Å². The van der Waals surface area contributed by atoms with Crippen LogP contribution >= 0.6 is 27.7 Å². The average Bonchev–Trinajstić information content (AvgIpc) is 3.13. The van der Waals surface area contributed by atoms with Crippen LogP contribution in [-0.2, 0) is 10.5 Å². The van der Waals surface area contributed by atoms with Crippen LogP contribution in [0.2, 0.25) is 0 Å². The van der Waals surface area contributed by atoms with Gasteiger partial charge in [0.15, 0.2) is 5.78 Å². The quantitative estimate of drug-likeness (QED) is 0.487. The molecule has 2 aliphatic rings. The third-order valence-corrected chi connectivity index (χ3v) is 6.87. The number of allylic oxidation sites excluding steroid dienone is 2. The lowest BCUT2D eigenvalue weighted by molar-refractivity contribution is -0.116. The molecule has 7 heteroatoms. The van der Waals surface area contributed by atoms with Gasteiger partial charge >= 0.3 is 0 Å². The van der Waals surface area contributed by atoms with Gasteiger partial charge in [0.2, 0.25) is 11.1 Å². The van der Waals surface area contributed by atoms with E-state index in [4.69, 9.17) is 10.1 Å². The molecule has 0 radical (unpaired) electrons. The topological polar surface area (TPSA) is 59.8 Å². The zero-order valence-corrected chi connectivity index (χ0v) is 19.0. The second-order valence-corrected chi connectivity index (χ2v) is 9.55. The number of anilines is 1. The first-order valence-corrected chi connectivity index (χ1v) is 11.8. The number of rotatable bonds is 4. The standard InChI is InChI=1S/C23H21BrN4OS/c1-14-5-2-6-15(11-14)13-30-23-26-22-25-18-9-4-10-19(29)20(18)21(28(22)27-23)16-7-3-8-17(24)12-16/h2-3,5-8,11-12,21H,4,9-10,13H2,1H3,(H,25,26,27)/t21-/m1/s1. The number of Topliss-reactive ketones (excluding diaryl/α,β-unsaturated/α-hetero) is 1. The summed E-state index contributed by atoms with van der Waals surface area (Å²) in [6.07, 6.45) is 2.33. The minimum absolute atomic E-state index is 0.198. The fourth-order valence-electron chi connectivity index (χ4n) is 4.13. The second-order valence-electron chi connectivity index (χ2n) is 7.69. The van der Waals surface area contributed by atoms with Crippen LogP contribution in [0.5, 0.6) is 0 Å². The number of nitrogens with zero attached hydrogens (tertiary/aromatic N) is 3. The van der Waals surface area contributed by atoms with E-state index in [9.17, 15) is 4.79 Å². The lowest BCUT2D eigenvalue weighted by atomic mass is 9.85. The third-order valence-electron chi connectivity index (χ3n) is 5.46. The summed E-state index contributed by atoms with van der Waals surface area (Å²) in [5, 5.41) is 8.91. The molecule has 0 unspecified atom stereocenters. The molecular weight excluding hydrogens is 460 g/mol. The molecule has 0 fully saturated rings. The number of ketones is 1. The van der Waals surface area contributed by atoms with Crippen LogP contribution in [0, 0.1) is 6.92 Å². The van der Waals surface area contributed by atoms with E-state index < -0.39 is 0 Å². The van der Waals surface area contributed by atoms with Crippen LogP contribution in [0.15, 0.2) is 69.4 Å². The van der Waals surface area contributed by atoms with Crippen molar-refractivity contribution >= 4 is 39.4 Å². The fourth-order valence-corrected chi connectivity index (χ4v) is 5.32. The Morgan fingerprint density at radius 1 is 1.20 bits per heavy atom. The molecule has 5 nitrogen and oxygen atoms in total. The van der Waals surface area contributed by atoms with E-state index in [2.05, 4.69) is 64.6 Å². The number of halogens is 1. The van der Waals surface area contributed by atoms with Gasteiger partial charge in [0.1, 0.15) is 6.04 Å². The number of carbonyl (C=O) groups excluding carboxylic acids is 1. The molecule has 1 N–H and O–H groups in total. The van der Waals surface area contributed by atoms with Gasteiger partial charge in [-0.1, -0.05) is 69.7 Å². The zero-order chi connectivity index (χ0) is 20.7. The third kappa shape index (κ3) is 3.72. The van der Waals surface area contributed by atoms with E-state index in [1.165, 1.54) is 11.1 Å². The Morgan fingerprint density at radius 2 is 2.07 bits per heavy atom. The minimum Gasteiger partial charge on any atom is -0.328 e. The molecule has 1 aliphatic carbocycles. The van der Waals surface area contributed by atoms with Gasteiger partial charge < -0.3 is 5.32 Å². The highest BCUT2D eigenvalue weighted by Crippen LogP contribution is 2.41. The molecule has 5 rings (SSSR count). The Labute approximate surface area is 188 Å². The molecule has 0 saturated carbocycles. The normalized spacial score (nSPS) is 18.1. The highest BCUT2D eigenvalue weighted by molar-refractivity contribution is 9.10. The monoisotopic (exact) mass is 480 g/mol. The molecule has 30 heavy (non-hydrogen) atoms. The molecule has 152 valence electrons.